The maximum absolute atomic E-state index is 13.3. The van der Waals surface area contributed by atoms with Crippen LogP contribution in [0.25, 0.3) is 10.8 Å². The van der Waals surface area contributed by atoms with Crippen molar-refractivity contribution in [3.05, 3.63) is 77.0 Å². The molecule has 1 atom stereocenters. The quantitative estimate of drug-likeness (QED) is 0.487. The first-order valence-electron chi connectivity index (χ1n) is 9.91. The summed E-state index contributed by atoms with van der Waals surface area (Å²) in [5.41, 5.74) is 4.48. The van der Waals surface area contributed by atoms with Crippen LogP contribution in [0.4, 0.5) is 5.69 Å². The Balaban J connectivity index is 1.82. The molecule has 4 nitrogen and oxygen atoms in total. The number of phenols is 2. The fourth-order valence-electron chi connectivity index (χ4n) is 4.86. The maximum atomic E-state index is 13.3. The zero-order valence-corrected chi connectivity index (χ0v) is 16.5. The Bertz CT molecular complexity index is 1210. The van der Waals surface area contributed by atoms with Gasteiger partial charge in [0.05, 0.1) is 0 Å². The van der Waals surface area contributed by atoms with Gasteiger partial charge in [-0.2, -0.15) is 0 Å². The molecule has 0 amide bonds. The monoisotopic (exact) mass is 385 g/mol. The van der Waals surface area contributed by atoms with Crippen molar-refractivity contribution in [2.45, 2.75) is 32.6 Å². The van der Waals surface area contributed by atoms with Crippen molar-refractivity contribution in [3.8, 4) is 11.5 Å². The Morgan fingerprint density at radius 1 is 0.966 bits per heavy atom. The lowest BCUT2D eigenvalue weighted by molar-refractivity contribution is -0.118. The second-order valence-electron chi connectivity index (χ2n) is 8.89. The molecule has 3 aromatic rings. The molecule has 0 fully saturated rings. The predicted molar refractivity (Wildman–Crippen MR) is 114 cm³/mol. The normalized spacial score (nSPS) is 20.2. The van der Waals surface area contributed by atoms with Crippen LogP contribution in [-0.2, 0) is 4.79 Å². The molecular formula is C25H23NO3. The van der Waals surface area contributed by atoms with Crippen molar-refractivity contribution in [2.24, 2.45) is 5.41 Å². The minimum Gasteiger partial charge on any atom is -0.504 e. The summed E-state index contributed by atoms with van der Waals surface area (Å²) in [6.45, 7) is 4.24. The average molecular weight is 385 g/mol. The summed E-state index contributed by atoms with van der Waals surface area (Å²) in [6, 6.07) is 17.2. The summed E-state index contributed by atoms with van der Waals surface area (Å²) >= 11 is 0. The van der Waals surface area contributed by atoms with Crippen LogP contribution in [0.1, 0.15) is 43.7 Å². The number of rotatable bonds is 1. The number of allylic oxidation sites excluding steroid dienone is 2. The van der Waals surface area contributed by atoms with Crippen molar-refractivity contribution < 1.29 is 15.0 Å². The molecule has 1 unspecified atom stereocenters. The molecule has 146 valence electrons. The Morgan fingerprint density at radius 2 is 1.76 bits per heavy atom. The summed E-state index contributed by atoms with van der Waals surface area (Å²) in [6.07, 6.45) is 1.29. The maximum Gasteiger partial charge on any atom is 0.162 e. The number of nitrogens with one attached hydrogen (secondary N) is 1. The molecule has 0 saturated carbocycles. The van der Waals surface area contributed by atoms with Crippen LogP contribution >= 0.6 is 0 Å². The molecule has 1 aliphatic heterocycles. The number of hydrogen-bond donors (Lipinski definition) is 3. The van der Waals surface area contributed by atoms with E-state index in [2.05, 4.69) is 43.4 Å². The molecule has 0 aromatic heterocycles. The third-order valence-corrected chi connectivity index (χ3v) is 6.09. The number of fused-ring (bicyclic) bond motifs is 3. The van der Waals surface area contributed by atoms with Crippen molar-refractivity contribution in [2.75, 3.05) is 5.32 Å². The molecule has 3 aromatic carbocycles. The molecule has 1 aliphatic carbocycles. The second kappa shape index (κ2) is 6.11. The van der Waals surface area contributed by atoms with Gasteiger partial charge in [-0.25, -0.2) is 0 Å². The first kappa shape index (κ1) is 17.8. The van der Waals surface area contributed by atoms with E-state index >= 15 is 0 Å². The highest BCUT2D eigenvalue weighted by atomic mass is 16.3. The van der Waals surface area contributed by atoms with Crippen molar-refractivity contribution in [1.29, 1.82) is 0 Å². The molecule has 2 aliphatic rings. The standard InChI is InChI=1S/C25H23NO3/c1-25(2)12-18-24(21(29)13-25)22(15-8-10-19(27)20(28)11-15)23-16-6-4-3-5-14(16)7-9-17(23)26-18/h3-11,22,26-28H,12-13H2,1-2H3. The molecule has 0 radical (unpaired) electrons. The van der Waals surface area contributed by atoms with Crippen molar-refractivity contribution in [3.63, 3.8) is 0 Å². The molecule has 4 heteroatoms. The van der Waals surface area contributed by atoms with Gasteiger partial charge in [0.15, 0.2) is 17.3 Å². The molecule has 0 saturated heterocycles. The molecule has 0 spiro atoms. The largest absolute Gasteiger partial charge is 0.504 e. The van der Waals surface area contributed by atoms with Crippen LogP contribution in [0, 0.1) is 5.41 Å². The van der Waals surface area contributed by atoms with Crippen LogP contribution in [0.15, 0.2) is 65.9 Å². The number of phenolic OH excluding ortho intramolecular Hbond substituents is 2. The lowest BCUT2D eigenvalue weighted by Gasteiger charge is -2.40. The van der Waals surface area contributed by atoms with Gasteiger partial charge in [-0.05, 0) is 51.9 Å². The summed E-state index contributed by atoms with van der Waals surface area (Å²) in [5.74, 6) is -0.484. The van der Waals surface area contributed by atoms with Gasteiger partial charge in [0.1, 0.15) is 0 Å². The number of benzene rings is 3. The van der Waals surface area contributed by atoms with E-state index < -0.39 is 0 Å². The van der Waals surface area contributed by atoms with Gasteiger partial charge in [0.25, 0.3) is 0 Å². The Morgan fingerprint density at radius 3 is 2.55 bits per heavy atom. The third-order valence-electron chi connectivity index (χ3n) is 6.09. The fourth-order valence-corrected chi connectivity index (χ4v) is 4.86. The summed E-state index contributed by atoms with van der Waals surface area (Å²) in [5, 5.41) is 25.7. The predicted octanol–water partition coefficient (Wildman–Crippen LogP) is 5.45. The Labute approximate surface area is 169 Å². The first-order chi connectivity index (χ1) is 13.8. The number of aromatic hydroxyl groups is 2. The van der Waals surface area contributed by atoms with Gasteiger partial charge in [0, 0.05) is 29.3 Å². The van der Waals surface area contributed by atoms with E-state index in [1.165, 1.54) is 6.07 Å². The van der Waals surface area contributed by atoms with Crippen LogP contribution < -0.4 is 5.32 Å². The molecule has 5 rings (SSSR count). The van der Waals surface area contributed by atoms with Crippen LogP contribution in [-0.4, -0.2) is 16.0 Å². The molecule has 3 N–H and O–H groups in total. The lowest BCUT2D eigenvalue weighted by Crippen LogP contribution is -2.33. The van der Waals surface area contributed by atoms with Gasteiger partial charge in [-0.15, -0.1) is 0 Å². The van der Waals surface area contributed by atoms with Crippen LogP contribution in [0.5, 0.6) is 11.5 Å². The number of Topliss-reactive ketones (excluding diaryl/α,β-unsaturated/α-hetero) is 1. The van der Waals surface area contributed by atoms with Gasteiger partial charge in [-0.3, -0.25) is 4.79 Å². The minimum atomic E-state index is -0.289. The molecule has 0 bridgehead atoms. The number of carbonyl (C=O) groups is 1. The topological polar surface area (TPSA) is 69.6 Å². The number of ketones is 1. The van der Waals surface area contributed by atoms with Gasteiger partial charge in [-0.1, -0.05) is 50.2 Å². The van der Waals surface area contributed by atoms with Crippen LogP contribution in [0.3, 0.4) is 0 Å². The molecule has 1 heterocycles. The average Bonchev–Trinajstić information content (AvgIpc) is 2.67. The summed E-state index contributed by atoms with van der Waals surface area (Å²) in [7, 11) is 0. The van der Waals surface area contributed by atoms with E-state index in [-0.39, 0.29) is 28.6 Å². The lowest BCUT2D eigenvalue weighted by atomic mass is 9.68. The van der Waals surface area contributed by atoms with Gasteiger partial charge < -0.3 is 15.5 Å². The van der Waals surface area contributed by atoms with E-state index in [1.54, 1.807) is 12.1 Å². The Kier molecular flexibility index (Phi) is 3.75. The van der Waals surface area contributed by atoms with E-state index in [0.29, 0.717) is 6.42 Å². The number of carbonyl (C=O) groups excluding carboxylic acids is 1. The van der Waals surface area contributed by atoms with E-state index in [9.17, 15) is 15.0 Å². The molecular weight excluding hydrogens is 362 g/mol. The number of hydrogen-bond acceptors (Lipinski definition) is 4. The third kappa shape index (κ3) is 2.79. The highest BCUT2D eigenvalue weighted by Gasteiger charge is 2.41. The Hall–Kier alpha value is -3.27. The SMILES string of the molecule is CC1(C)CC(=O)C2=C(C1)Nc1ccc3ccccc3c1C2c1ccc(O)c(O)c1. The van der Waals surface area contributed by atoms with Gasteiger partial charge in [0.2, 0.25) is 0 Å². The smallest absolute Gasteiger partial charge is 0.162 e. The zero-order valence-electron chi connectivity index (χ0n) is 16.5. The van der Waals surface area contributed by atoms with E-state index in [1.807, 2.05) is 12.1 Å². The molecule has 29 heavy (non-hydrogen) atoms. The summed E-state index contributed by atoms with van der Waals surface area (Å²) in [4.78, 5) is 13.3. The van der Waals surface area contributed by atoms with Gasteiger partial charge >= 0.3 is 0 Å². The first-order valence-corrected chi connectivity index (χ1v) is 9.91. The van der Waals surface area contributed by atoms with Crippen LogP contribution in [0.2, 0.25) is 0 Å². The summed E-state index contributed by atoms with van der Waals surface area (Å²) < 4.78 is 0. The zero-order chi connectivity index (χ0) is 20.3. The van der Waals surface area contributed by atoms with Crippen molar-refractivity contribution >= 4 is 22.2 Å². The number of anilines is 1. The van der Waals surface area contributed by atoms with Crippen molar-refractivity contribution in [1.82, 2.24) is 0 Å². The highest BCUT2D eigenvalue weighted by Crippen LogP contribution is 2.51. The highest BCUT2D eigenvalue weighted by molar-refractivity contribution is 6.04. The minimum absolute atomic E-state index is 0.0983. The van der Waals surface area contributed by atoms with E-state index in [4.69, 9.17) is 0 Å². The fraction of sp³-hybridized carbons (Fsp3) is 0.240. The van der Waals surface area contributed by atoms with E-state index in [0.717, 1.165) is 45.3 Å². The second-order valence-corrected chi connectivity index (χ2v) is 8.89.